The van der Waals surface area contributed by atoms with E-state index in [1.54, 1.807) is 0 Å². The Morgan fingerprint density at radius 2 is 1.70 bits per heavy atom. The largest absolute Gasteiger partial charge is 0.479 e. The van der Waals surface area contributed by atoms with Gasteiger partial charge in [0.05, 0.1) is 11.6 Å². The predicted molar refractivity (Wildman–Crippen MR) is 91.8 cm³/mol. The first-order valence-corrected chi connectivity index (χ1v) is 7.93. The van der Waals surface area contributed by atoms with Crippen LogP contribution in [-0.4, -0.2) is 24.1 Å². The zero-order chi connectivity index (χ0) is 20.0. The zero-order valence-electron chi connectivity index (χ0n) is 14.5. The molecule has 27 heavy (non-hydrogen) atoms. The molecule has 6 nitrogen and oxygen atoms in total. The normalized spacial score (nSPS) is 12.4. The molecule has 0 unspecified atom stereocenters. The Morgan fingerprint density at radius 3 is 2.30 bits per heavy atom. The van der Waals surface area contributed by atoms with E-state index in [4.69, 9.17) is 14.7 Å². The number of anilines is 1. The lowest BCUT2D eigenvalue weighted by Crippen LogP contribution is -2.35. The molecular weight excluding hydrogens is 358 g/mol. The van der Waals surface area contributed by atoms with Gasteiger partial charge in [0, 0.05) is 11.8 Å². The number of nitrogens with zero attached hydrogens (tertiary/aromatic N) is 1. The highest BCUT2D eigenvalue weighted by atomic mass is 19.2. The van der Waals surface area contributed by atoms with E-state index < -0.39 is 35.7 Å². The molecule has 0 aromatic heterocycles. The van der Waals surface area contributed by atoms with Crippen molar-refractivity contribution in [2.45, 2.75) is 26.1 Å². The minimum atomic E-state index is -1.18. The number of esters is 1. The van der Waals surface area contributed by atoms with Crippen molar-refractivity contribution in [3.63, 3.8) is 0 Å². The molecule has 0 radical (unpaired) electrons. The molecule has 1 N–H and O–H groups in total. The molecule has 2 rings (SSSR count). The van der Waals surface area contributed by atoms with Crippen molar-refractivity contribution in [3.05, 3.63) is 59.7 Å². The second kappa shape index (κ2) is 8.76. The van der Waals surface area contributed by atoms with Crippen molar-refractivity contribution in [1.82, 2.24) is 0 Å². The third-order valence-corrected chi connectivity index (χ3v) is 3.48. The van der Waals surface area contributed by atoms with Gasteiger partial charge in [0.25, 0.3) is 5.91 Å². The van der Waals surface area contributed by atoms with E-state index >= 15 is 0 Å². The fourth-order valence-electron chi connectivity index (χ4n) is 2.00. The van der Waals surface area contributed by atoms with Crippen molar-refractivity contribution in [1.29, 1.82) is 5.26 Å². The molecule has 0 aliphatic carbocycles. The Kier molecular flexibility index (Phi) is 6.44. The fourth-order valence-corrected chi connectivity index (χ4v) is 2.00. The van der Waals surface area contributed by atoms with Gasteiger partial charge in [-0.25, -0.2) is 13.6 Å². The summed E-state index contributed by atoms with van der Waals surface area (Å²) in [6.07, 6.45) is -2.19. The Morgan fingerprint density at radius 1 is 1.04 bits per heavy atom. The van der Waals surface area contributed by atoms with Crippen LogP contribution in [0.3, 0.4) is 0 Å². The van der Waals surface area contributed by atoms with E-state index in [-0.39, 0.29) is 5.69 Å². The molecule has 2 atom stereocenters. The van der Waals surface area contributed by atoms with Gasteiger partial charge in [0.1, 0.15) is 5.75 Å². The molecule has 2 aromatic rings. The Bertz CT molecular complexity index is 878. The third kappa shape index (κ3) is 5.51. The van der Waals surface area contributed by atoms with Crippen molar-refractivity contribution in [2.75, 3.05) is 5.32 Å². The molecule has 0 aliphatic heterocycles. The molecule has 0 aliphatic rings. The van der Waals surface area contributed by atoms with Gasteiger partial charge in [-0.15, -0.1) is 0 Å². The molecule has 0 fully saturated rings. The molecule has 8 heteroatoms. The van der Waals surface area contributed by atoms with Crippen LogP contribution in [0, 0.1) is 23.0 Å². The summed E-state index contributed by atoms with van der Waals surface area (Å²) in [6, 6.07) is 11.0. The highest BCUT2D eigenvalue weighted by Gasteiger charge is 2.23. The van der Waals surface area contributed by atoms with Gasteiger partial charge in [-0.05, 0) is 50.2 Å². The van der Waals surface area contributed by atoms with Gasteiger partial charge in [0.2, 0.25) is 0 Å². The topological polar surface area (TPSA) is 88.4 Å². The Hall–Kier alpha value is -3.47. The molecule has 140 valence electrons. The van der Waals surface area contributed by atoms with Crippen LogP contribution in [0.25, 0.3) is 0 Å². The molecule has 0 saturated heterocycles. The van der Waals surface area contributed by atoms with Crippen molar-refractivity contribution < 1.29 is 27.8 Å². The number of ether oxygens (including phenoxy) is 2. The van der Waals surface area contributed by atoms with Crippen LogP contribution in [0.1, 0.15) is 19.4 Å². The summed E-state index contributed by atoms with van der Waals surface area (Å²) in [5.41, 5.74) is 0.476. The van der Waals surface area contributed by atoms with Gasteiger partial charge in [-0.1, -0.05) is 0 Å². The SMILES string of the molecule is C[C@H](OC(=O)[C@H](C)Oc1ccc(C#N)cc1)C(=O)Nc1ccc(F)c(F)c1. The molecule has 0 bridgehead atoms. The monoisotopic (exact) mass is 374 g/mol. The number of carbonyl (C=O) groups is 2. The second-order valence-corrected chi connectivity index (χ2v) is 5.59. The fraction of sp³-hybridized carbons (Fsp3) is 0.211. The van der Waals surface area contributed by atoms with Gasteiger partial charge < -0.3 is 14.8 Å². The van der Waals surface area contributed by atoms with Gasteiger partial charge in [0.15, 0.2) is 23.8 Å². The number of hydrogen-bond acceptors (Lipinski definition) is 5. The molecular formula is C19H16F2N2O4. The summed E-state index contributed by atoms with van der Waals surface area (Å²) in [4.78, 5) is 24.1. The van der Waals surface area contributed by atoms with Gasteiger partial charge in [-0.2, -0.15) is 5.26 Å². The van der Waals surface area contributed by atoms with Crippen LogP contribution in [0.4, 0.5) is 14.5 Å². The zero-order valence-corrected chi connectivity index (χ0v) is 14.5. The first-order valence-electron chi connectivity index (χ1n) is 7.93. The first-order chi connectivity index (χ1) is 12.8. The molecule has 1 amide bonds. The summed E-state index contributed by atoms with van der Waals surface area (Å²) >= 11 is 0. The maximum Gasteiger partial charge on any atom is 0.347 e. The number of carbonyl (C=O) groups excluding carboxylic acids is 2. The quantitative estimate of drug-likeness (QED) is 0.785. The lowest BCUT2D eigenvalue weighted by atomic mass is 10.2. The van der Waals surface area contributed by atoms with E-state index in [1.165, 1.54) is 44.2 Å². The number of amides is 1. The van der Waals surface area contributed by atoms with Crippen LogP contribution < -0.4 is 10.1 Å². The summed E-state index contributed by atoms with van der Waals surface area (Å²) in [6.45, 7) is 2.78. The van der Waals surface area contributed by atoms with E-state index in [0.717, 1.165) is 12.1 Å². The van der Waals surface area contributed by atoms with Gasteiger partial charge in [-0.3, -0.25) is 4.79 Å². The molecule has 2 aromatic carbocycles. The van der Waals surface area contributed by atoms with E-state index in [9.17, 15) is 18.4 Å². The summed E-state index contributed by atoms with van der Waals surface area (Å²) in [5.74, 6) is -3.28. The summed E-state index contributed by atoms with van der Waals surface area (Å²) in [7, 11) is 0. The first kappa shape index (κ1) is 19.8. The average Bonchev–Trinajstić information content (AvgIpc) is 2.65. The van der Waals surface area contributed by atoms with Crippen LogP contribution in [0.2, 0.25) is 0 Å². The predicted octanol–water partition coefficient (Wildman–Crippen LogP) is 3.17. The minimum Gasteiger partial charge on any atom is -0.479 e. The smallest absolute Gasteiger partial charge is 0.347 e. The second-order valence-electron chi connectivity index (χ2n) is 5.59. The number of benzene rings is 2. The van der Waals surface area contributed by atoms with Crippen molar-refractivity contribution >= 4 is 17.6 Å². The lowest BCUT2D eigenvalue weighted by molar-refractivity contribution is -0.159. The number of rotatable bonds is 6. The van der Waals surface area contributed by atoms with Crippen LogP contribution in [-0.2, 0) is 14.3 Å². The summed E-state index contributed by atoms with van der Waals surface area (Å²) < 4.78 is 36.5. The maximum absolute atomic E-state index is 13.2. The van der Waals surface area contributed by atoms with E-state index in [1.807, 2.05) is 6.07 Å². The highest BCUT2D eigenvalue weighted by molar-refractivity contribution is 5.95. The molecule has 0 spiro atoms. The van der Waals surface area contributed by atoms with Crippen molar-refractivity contribution in [2.24, 2.45) is 0 Å². The summed E-state index contributed by atoms with van der Waals surface area (Å²) in [5, 5.41) is 11.1. The van der Waals surface area contributed by atoms with E-state index in [2.05, 4.69) is 5.32 Å². The number of nitriles is 1. The average molecular weight is 374 g/mol. The van der Waals surface area contributed by atoms with Crippen molar-refractivity contribution in [3.8, 4) is 11.8 Å². The third-order valence-electron chi connectivity index (χ3n) is 3.48. The number of halogens is 2. The van der Waals surface area contributed by atoms with Gasteiger partial charge >= 0.3 is 5.97 Å². The van der Waals surface area contributed by atoms with Crippen LogP contribution >= 0.6 is 0 Å². The lowest BCUT2D eigenvalue weighted by Gasteiger charge is -2.18. The minimum absolute atomic E-state index is 0.0312. The van der Waals surface area contributed by atoms with Crippen LogP contribution in [0.5, 0.6) is 5.75 Å². The number of hydrogen-bond donors (Lipinski definition) is 1. The number of nitrogens with one attached hydrogen (secondary N) is 1. The Labute approximate surface area is 154 Å². The van der Waals surface area contributed by atoms with E-state index in [0.29, 0.717) is 11.3 Å². The highest BCUT2D eigenvalue weighted by Crippen LogP contribution is 2.16. The molecule has 0 heterocycles. The standard InChI is InChI=1S/C19H16F2N2O4/c1-11(18(24)23-14-5-8-16(20)17(21)9-14)27-19(25)12(2)26-15-6-3-13(10-22)4-7-15/h3-9,11-12H,1-2H3,(H,23,24)/t11-,12-/m0/s1. The maximum atomic E-state index is 13.2. The van der Waals surface area contributed by atoms with Crippen LogP contribution in [0.15, 0.2) is 42.5 Å². The molecule has 0 saturated carbocycles. The Balaban J connectivity index is 1.89.